The lowest BCUT2D eigenvalue weighted by Crippen LogP contribution is -2.29. The van der Waals surface area contributed by atoms with Gasteiger partial charge >= 0.3 is 0 Å². The maximum atomic E-state index is 12.2. The molecule has 0 amide bonds. The minimum Gasteiger partial charge on any atom is -0.399 e. The molecule has 0 bridgehead atoms. The minimum atomic E-state index is -3.52. The van der Waals surface area contributed by atoms with Crippen LogP contribution in [-0.2, 0) is 10.0 Å². The lowest BCUT2D eigenvalue weighted by atomic mass is 10.2. The van der Waals surface area contributed by atoms with E-state index < -0.39 is 16.1 Å². The summed E-state index contributed by atoms with van der Waals surface area (Å²) in [6, 6.07) is 4.77. The Morgan fingerprint density at radius 3 is 2.65 bits per heavy atom. The van der Waals surface area contributed by atoms with E-state index in [2.05, 4.69) is 0 Å². The molecule has 1 fully saturated rings. The van der Waals surface area contributed by atoms with Crippen molar-refractivity contribution in [1.29, 1.82) is 0 Å². The van der Waals surface area contributed by atoms with Gasteiger partial charge in [0, 0.05) is 18.8 Å². The van der Waals surface area contributed by atoms with Crippen LogP contribution < -0.4 is 5.73 Å². The molecule has 2 rings (SSSR count). The predicted molar refractivity (Wildman–Crippen MR) is 65.0 cm³/mol. The quantitative estimate of drug-likeness (QED) is 0.747. The van der Waals surface area contributed by atoms with Crippen LogP contribution in [0.25, 0.3) is 0 Å². The first-order valence-electron chi connectivity index (χ1n) is 5.45. The van der Waals surface area contributed by atoms with Gasteiger partial charge < -0.3 is 10.8 Å². The van der Waals surface area contributed by atoms with E-state index in [0.717, 1.165) is 5.56 Å². The molecular weight excluding hydrogens is 240 g/mol. The van der Waals surface area contributed by atoms with Crippen LogP contribution >= 0.6 is 0 Å². The second-order valence-corrected chi connectivity index (χ2v) is 6.32. The van der Waals surface area contributed by atoms with Crippen LogP contribution in [0.5, 0.6) is 0 Å². The number of benzene rings is 1. The largest absolute Gasteiger partial charge is 0.399 e. The summed E-state index contributed by atoms with van der Waals surface area (Å²) in [5, 5.41) is 9.39. The molecule has 17 heavy (non-hydrogen) atoms. The molecule has 0 aromatic heterocycles. The van der Waals surface area contributed by atoms with Crippen LogP contribution in [0.4, 0.5) is 5.69 Å². The summed E-state index contributed by atoms with van der Waals surface area (Å²) in [6.45, 7) is 2.32. The second-order valence-electron chi connectivity index (χ2n) is 4.38. The molecular formula is C11H16N2O3S. The van der Waals surface area contributed by atoms with Gasteiger partial charge in [0.05, 0.1) is 11.0 Å². The number of nitrogens with two attached hydrogens (primary N) is 1. The predicted octanol–water partition coefficient (Wildman–Crippen LogP) is 0.333. The minimum absolute atomic E-state index is 0.163. The van der Waals surface area contributed by atoms with E-state index in [9.17, 15) is 13.5 Å². The Balaban J connectivity index is 2.38. The molecule has 0 spiro atoms. The molecule has 5 nitrogen and oxygen atoms in total. The summed E-state index contributed by atoms with van der Waals surface area (Å²) < 4.78 is 25.8. The highest BCUT2D eigenvalue weighted by Gasteiger charge is 2.31. The van der Waals surface area contributed by atoms with Gasteiger partial charge in [0.15, 0.2) is 0 Å². The number of β-amino-alcohol motifs (C(OH)–C–C–N with tert-alkyl or cyclic N) is 1. The molecule has 1 aromatic rings. The third-order valence-electron chi connectivity index (χ3n) is 2.84. The molecule has 0 aliphatic carbocycles. The molecule has 1 heterocycles. The van der Waals surface area contributed by atoms with E-state index in [1.807, 2.05) is 0 Å². The van der Waals surface area contributed by atoms with Crippen LogP contribution in [0.3, 0.4) is 0 Å². The zero-order valence-electron chi connectivity index (χ0n) is 9.63. The van der Waals surface area contributed by atoms with Crippen molar-refractivity contribution < 1.29 is 13.5 Å². The topological polar surface area (TPSA) is 83.6 Å². The first kappa shape index (κ1) is 12.3. The van der Waals surface area contributed by atoms with Crippen LogP contribution in [0.1, 0.15) is 12.0 Å². The van der Waals surface area contributed by atoms with Gasteiger partial charge in [0.2, 0.25) is 10.0 Å². The van der Waals surface area contributed by atoms with Crippen molar-refractivity contribution >= 4 is 15.7 Å². The zero-order chi connectivity index (χ0) is 12.6. The van der Waals surface area contributed by atoms with Crippen molar-refractivity contribution in [3.8, 4) is 0 Å². The number of hydrogen-bond acceptors (Lipinski definition) is 4. The van der Waals surface area contributed by atoms with Gasteiger partial charge in [-0.15, -0.1) is 0 Å². The number of sulfonamides is 1. The van der Waals surface area contributed by atoms with Crippen molar-refractivity contribution in [2.75, 3.05) is 18.8 Å². The van der Waals surface area contributed by atoms with Gasteiger partial charge in [-0.1, -0.05) is 0 Å². The van der Waals surface area contributed by atoms with Gasteiger partial charge in [-0.05, 0) is 37.1 Å². The molecule has 6 heteroatoms. The third kappa shape index (κ3) is 2.43. The monoisotopic (exact) mass is 256 g/mol. The summed E-state index contributed by atoms with van der Waals surface area (Å²) in [7, 11) is -3.52. The second kappa shape index (κ2) is 4.29. The smallest absolute Gasteiger partial charge is 0.243 e. The Kier molecular flexibility index (Phi) is 3.11. The molecule has 1 saturated heterocycles. The summed E-state index contributed by atoms with van der Waals surface area (Å²) >= 11 is 0. The average Bonchev–Trinajstić information content (AvgIpc) is 2.64. The molecule has 3 N–H and O–H groups in total. The summed E-state index contributed by atoms with van der Waals surface area (Å²) in [6.07, 6.45) is -0.0764. The van der Waals surface area contributed by atoms with Gasteiger partial charge in [0.1, 0.15) is 0 Å². The Morgan fingerprint density at radius 1 is 1.41 bits per heavy atom. The number of nitrogens with zero attached hydrogens (tertiary/aromatic N) is 1. The summed E-state index contributed by atoms with van der Waals surface area (Å²) in [5.41, 5.74) is 6.89. The zero-order valence-corrected chi connectivity index (χ0v) is 10.4. The van der Waals surface area contributed by atoms with E-state index in [1.54, 1.807) is 19.1 Å². The van der Waals surface area contributed by atoms with E-state index in [4.69, 9.17) is 5.73 Å². The molecule has 1 atom stereocenters. The molecule has 1 aliphatic heterocycles. The van der Waals surface area contributed by atoms with Crippen molar-refractivity contribution in [2.45, 2.75) is 24.3 Å². The van der Waals surface area contributed by atoms with Crippen LogP contribution in [0.15, 0.2) is 23.1 Å². The van der Waals surface area contributed by atoms with E-state index in [0.29, 0.717) is 18.7 Å². The van der Waals surface area contributed by atoms with Crippen molar-refractivity contribution in [3.63, 3.8) is 0 Å². The van der Waals surface area contributed by atoms with Crippen LogP contribution in [-0.4, -0.2) is 37.0 Å². The van der Waals surface area contributed by atoms with Crippen LogP contribution in [0, 0.1) is 6.92 Å². The SMILES string of the molecule is Cc1cc(N)cc(S(=O)(=O)N2CCC(O)C2)c1. The Bertz CT molecular complexity index is 507. The maximum absolute atomic E-state index is 12.2. The fraction of sp³-hybridized carbons (Fsp3) is 0.455. The normalized spacial score (nSPS) is 21.9. The lowest BCUT2D eigenvalue weighted by molar-refractivity contribution is 0.189. The summed E-state index contributed by atoms with van der Waals surface area (Å²) in [5.74, 6) is 0. The number of aliphatic hydroxyl groups is 1. The highest BCUT2D eigenvalue weighted by atomic mass is 32.2. The standard InChI is InChI=1S/C11H16N2O3S/c1-8-4-9(12)6-11(5-8)17(15,16)13-3-2-10(14)7-13/h4-6,10,14H,2-3,7,12H2,1H3. The van der Waals surface area contributed by atoms with Crippen LogP contribution in [0.2, 0.25) is 0 Å². The van der Waals surface area contributed by atoms with E-state index >= 15 is 0 Å². The molecule has 1 aromatic carbocycles. The van der Waals surface area contributed by atoms with Crippen molar-refractivity contribution in [1.82, 2.24) is 4.31 Å². The van der Waals surface area contributed by atoms with Gasteiger partial charge in [-0.25, -0.2) is 8.42 Å². The number of hydrogen-bond donors (Lipinski definition) is 2. The summed E-state index contributed by atoms with van der Waals surface area (Å²) in [4.78, 5) is 0.198. The Hall–Kier alpha value is -1.11. The van der Waals surface area contributed by atoms with Gasteiger partial charge in [0.25, 0.3) is 0 Å². The van der Waals surface area contributed by atoms with Crippen molar-refractivity contribution in [3.05, 3.63) is 23.8 Å². The lowest BCUT2D eigenvalue weighted by Gasteiger charge is -2.16. The Labute approximate surface area is 101 Å². The van der Waals surface area contributed by atoms with Crippen molar-refractivity contribution in [2.24, 2.45) is 0 Å². The average molecular weight is 256 g/mol. The molecule has 94 valence electrons. The van der Waals surface area contributed by atoms with E-state index in [-0.39, 0.29) is 11.4 Å². The number of aliphatic hydroxyl groups excluding tert-OH is 1. The van der Waals surface area contributed by atoms with Gasteiger partial charge in [-0.3, -0.25) is 0 Å². The fourth-order valence-corrected chi connectivity index (χ4v) is 3.64. The highest BCUT2D eigenvalue weighted by Crippen LogP contribution is 2.23. The molecule has 1 unspecified atom stereocenters. The first-order valence-corrected chi connectivity index (χ1v) is 6.89. The fourth-order valence-electron chi connectivity index (χ4n) is 2.00. The maximum Gasteiger partial charge on any atom is 0.243 e. The molecule has 0 saturated carbocycles. The first-order chi connectivity index (χ1) is 7.89. The Morgan fingerprint density at radius 2 is 2.12 bits per heavy atom. The number of aryl methyl sites for hydroxylation is 1. The van der Waals surface area contributed by atoms with E-state index in [1.165, 1.54) is 10.4 Å². The number of rotatable bonds is 2. The molecule has 1 aliphatic rings. The molecule has 0 radical (unpaired) electrons. The number of nitrogen functional groups attached to an aromatic ring is 1. The highest BCUT2D eigenvalue weighted by molar-refractivity contribution is 7.89. The van der Waals surface area contributed by atoms with Gasteiger partial charge in [-0.2, -0.15) is 4.31 Å². The number of anilines is 1. The third-order valence-corrected chi connectivity index (χ3v) is 4.68.